The van der Waals surface area contributed by atoms with Crippen LogP contribution in [0.15, 0.2) is 24.3 Å². The number of para-hydroxylation sites is 2. The molecule has 0 unspecified atom stereocenters. The van der Waals surface area contributed by atoms with Gasteiger partial charge in [0.1, 0.15) is 6.04 Å². The normalized spacial score (nSPS) is 19.2. The molecule has 0 spiro atoms. The number of hydrogen-bond donors (Lipinski definition) is 3. The Morgan fingerprint density at radius 2 is 2.05 bits per heavy atom. The van der Waals surface area contributed by atoms with Crippen LogP contribution in [0.5, 0.6) is 0 Å². The number of carboxylic acids is 1. The van der Waals surface area contributed by atoms with Crippen LogP contribution in [-0.4, -0.2) is 46.7 Å². The summed E-state index contributed by atoms with van der Waals surface area (Å²) in [4.78, 5) is 21.8. The minimum atomic E-state index is -0.873. The van der Waals surface area contributed by atoms with Crippen molar-refractivity contribution in [2.45, 2.75) is 6.04 Å². The molecule has 104 valence electrons. The Kier molecular flexibility index (Phi) is 3.11. The van der Waals surface area contributed by atoms with E-state index in [9.17, 15) is 4.79 Å². The molecule has 7 heteroatoms. The third-order valence-electron chi connectivity index (χ3n) is 3.35. The van der Waals surface area contributed by atoms with Gasteiger partial charge in [0, 0.05) is 19.6 Å². The van der Waals surface area contributed by atoms with Crippen LogP contribution in [0.1, 0.15) is 0 Å². The number of nitrogens with two attached hydrogens (primary N) is 1. The van der Waals surface area contributed by atoms with E-state index in [-0.39, 0.29) is 0 Å². The molecule has 0 radical (unpaired) electrons. The van der Waals surface area contributed by atoms with Crippen molar-refractivity contribution in [3.05, 3.63) is 24.3 Å². The highest BCUT2D eigenvalue weighted by Gasteiger charge is 2.27. The number of rotatable bonds is 2. The molecule has 1 aliphatic rings. The van der Waals surface area contributed by atoms with Crippen molar-refractivity contribution < 1.29 is 9.90 Å². The van der Waals surface area contributed by atoms with Crippen molar-refractivity contribution in [2.75, 3.05) is 30.3 Å². The summed E-state index contributed by atoms with van der Waals surface area (Å²) in [6.45, 7) is 1.55. The van der Waals surface area contributed by atoms with Gasteiger partial charge in [-0.2, -0.15) is 0 Å². The zero-order chi connectivity index (χ0) is 14.1. The average molecular weight is 273 g/mol. The molecular weight excluding hydrogens is 258 g/mol. The maximum atomic E-state index is 11.1. The number of nitrogen functional groups attached to an aromatic ring is 1. The number of piperazine rings is 1. The highest BCUT2D eigenvalue weighted by atomic mass is 16.4. The van der Waals surface area contributed by atoms with Crippen molar-refractivity contribution in [1.29, 1.82) is 0 Å². The molecule has 1 aliphatic heterocycles. The fourth-order valence-electron chi connectivity index (χ4n) is 2.34. The van der Waals surface area contributed by atoms with Crippen LogP contribution in [0.3, 0.4) is 0 Å². The molecule has 4 N–H and O–H groups in total. The zero-order valence-corrected chi connectivity index (χ0v) is 10.8. The van der Waals surface area contributed by atoms with Crippen molar-refractivity contribution in [1.82, 2.24) is 15.3 Å². The number of carboxylic acid groups (broad SMARTS) is 1. The van der Waals surface area contributed by atoms with Crippen molar-refractivity contribution >= 4 is 28.6 Å². The first-order valence-electron chi connectivity index (χ1n) is 6.38. The molecule has 2 heterocycles. The van der Waals surface area contributed by atoms with Crippen LogP contribution in [0.25, 0.3) is 11.0 Å². The lowest BCUT2D eigenvalue weighted by Gasteiger charge is -2.32. The van der Waals surface area contributed by atoms with E-state index >= 15 is 0 Å². The van der Waals surface area contributed by atoms with E-state index in [0.717, 1.165) is 11.0 Å². The van der Waals surface area contributed by atoms with Gasteiger partial charge < -0.3 is 21.1 Å². The summed E-state index contributed by atoms with van der Waals surface area (Å²) in [6.07, 6.45) is 0. The lowest BCUT2D eigenvalue weighted by molar-refractivity contribution is -0.139. The van der Waals surface area contributed by atoms with Gasteiger partial charge in [-0.3, -0.25) is 4.79 Å². The molecule has 20 heavy (non-hydrogen) atoms. The van der Waals surface area contributed by atoms with Crippen LogP contribution < -0.4 is 16.0 Å². The van der Waals surface area contributed by atoms with Gasteiger partial charge in [0.25, 0.3) is 0 Å². The minimum absolute atomic E-state index is 0.326. The van der Waals surface area contributed by atoms with Crippen LogP contribution in [0.2, 0.25) is 0 Å². The third kappa shape index (κ3) is 2.23. The number of hydrogen-bond acceptors (Lipinski definition) is 6. The average Bonchev–Trinajstić information content (AvgIpc) is 2.46. The van der Waals surface area contributed by atoms with E-state index in [2.05, 4.69) is 15.3 Å². The van der Waals surface area contributed by atoms with Gasteiger partial charge >= 0.3 is 5.97 Å². The summed E-state index contributed by atoms with van der Waals surface area (Å²) in [5.41, 5.74) is 7.44. The number of anilines is 2. The van der Waals surface area contributed by atoms with E-state index in [1.54, 1.807) is 0 Å². The molecular formula is C13H15N5O2. The fourth-order valence-corrected chi connectivity index (χ4v) is 2.34. The molecule has 0 aliphatic carbocycles. The highest BCUT2D eigenvalue weighted by Crippen LogP contribution is 2.23. The number of nitrogens with one attached hydrogen (secondary N) is 1. The Morgan fingerprint density at radius 3 is 2.75 bits per heavy atom. The Bertz CT molecular complexity index is 660. The van der Waals surface area contributed by atoms with E-state index in [1.165, 1.54) is 0 Å². The fraction of sp³-hybridized carbons (Fsp3) is 0.308. The second-order valence-electron chi connectivity index (χ2n) is 4.71. The molecule has 0 saturated carbocycles. The summed E-state index contributed by atoms with van der Waals surface area (Å²) in [5.74, 6) is 0.00760. The molecule has 0 amide bonds. The van der Waals surface area contributed by atoms with Crippen LogP contribution in [0.4, 0.5) is 11.6 Å². The van der Waals surface area contributed by atoms with E-state index in [1.807, 2.05) is 29.2 Å². The predicted octanol–water partition coefficient (Wildman–Crippen LogP) is 0.0748. The van der Waals surface area contributed by atoms with Gasteiger partial charge in [-0.25, -0.2) is 9.97 Å². The zero-order valence-electron chi connectivity index (χ0n) is 10.8. The number of aliphatic carboxylic acids is 1. The van der Waals surface area contributed by atoms with Gasteiger partial charge in [0.15, 0.2) is 11.6 Å². The summed E-state index contributed by atoms with van der Waals surface area (Å²) in [5, 5.41) is 12.0. The summed E-state index contributed by atoms with van der Waals surface area (Å²) < 4.78 is 0. The summed E-state index contributed by atoms with van der Waals surface area (Å²) in [7, 11) is 0. The van der Waals surface area contributed by atoms with E-state index in [4.69, 9.17) is 10.8 Å². The van der Waals surface area contributed by atoms with Gasteiger partial charge in [-0.1, -0.05) is 12.1 Å². The predicted molar refractivity (Wildman–Crippen MR) is 75.6 cm³/mol. The topological polar surface area (TPSA) is 104 Å². The maximum absolute atomic E-state index is 11.1. The summed E-state index contributed by atoms with van der Waals surface area (Å²) in [6, 6.07) is 6.86. The van der Waals surface area contributed by atoms with Crippen LogP contribution in [0, 0.1) is 0 Å². The quantitative estimate of drug-likeness (QED) is 0.711. The minimum Gasteiger partial charge on any atom is -0.480 e. The van der Waals surface area contributed by atoms with Crippen molar-refractivity contribution in [3.8, 4) is 0 Å². The largest absolute Gasteiger partial charge is 0.480 e. The highest BCUT2D eigenvalue weighted by molar-refractivity contribution is 5.80. The van der Waals surface area contributed by atoms with Crippen molar-refractivity contribution in [2.24, 2.45) is 0 Å². The van der Waals surface area contributed by atoms with E-state index < -0.39 is 12.0 Å². The first-order valence-corrected chi connectivity index (χ1v) is 6.38. The third-order valence-corrected chi connectivity index (χ3v) is 3.35. The first-order chi connectivity index (χ1) is 9.65. The van der Waals surface area contributed by atoms with Crippen molar-refractivity contribution in [3.63, 3.8) is 0 Å². The smallest absolute Gasteiger partial charge is 0.322 e. The Morgan fingerprint density at radius 1 is 1.35 bits per heavy atom. The Balaban J connectivity index is 1.96. The van der Waals surface area contributed by atoms with E-state index in [0.29, 0.717) is 31.3 Å². The van der Waals surface area contributed by atoms with Gasteiger partial charge in [-0.05, 0) is 12.1 Å². The van der Waals surface area contributed by atoms with Gasteiger partial charge in [-0.15, -0.1) is 0 Å². The second kappa shape index (κ2) is 4.93. The molecule has 1 aromatic carbocycles. The number of benzene rings is 1. The molecule has 1 atom stereocenters. The molecule has 1 saturated heterocycles. The molecule has 1 aromatic heterocycles. The second-order valence-corrected chi connectivity index (χ2v) is 4.71. The molecule has 3 rings (SSSR count). The molecule has 0 bridgehead atoms. The van der Waals surface area contributed by atoms with Gasteiger partial charge in [0.05, 0.1) is 11.0 Å². The van der Waals surface area contributed by atoms with Gasteiger partial charge in [0.2, 0.25) is 0 Å². The number of nitrogens with zero attached hydrogens (tertiary/aromatic N) is 3. The van der Waals surface area contributed by atoms with Crippen LogP contribution in [-0.2, 0) is 4.79 Å². The number of carbonyl (C=O) groups is 1. The maximum Gasteiger partial charge on any atom is 0.322 e. The Hall–Kier alpha value is -2.41. The Labute approximate surface area is 115 Å². The monoisotopic (exact) mass is 273 g/mol. The standard InChI is InChI=1S/C13H15N5O2/c14-11-12(17-9-4-2-1-3-8(9)16-11)18-6-5-15-10(7-18)13(19)20/h1-4,10,15H,5-7H2,(H2,14,16)(H,19,20)/t10-/m1/s1. The molecule has 2 aromatic rings. The first kappa shape index (κ1) is 12.6. The molecule has 7 nitrogen and oxygen atoms in total. The number of aromatic nitrogens is 2. The molecule has 1 fully saturated rings. The number of fused-ring (bicyclic) bond motifs is 1. The SMILES string of the molecule is Nc1nc2ccccc2nc1N1CCN[C@@H](C(=O)O)C1. The lowest BCUT2D eigenvalue weighted by atomic mass is 10.2. The van der Waals surface area contributed by atoms with Crippen LogP contribution >= 0.6 is 0 Å². The lowest BCUT2D eigenvalue weighted by Crippen LogP contribution is -2.54. The summed E-state index contributed by atoms with van der Waals surface area (Å²) >= 11 is 0.